The standard InChI is InChI=1S/C2H4O2.P/c1-2(3)4;/h1H3,(H,3,4);. The highest BCUT2D eigenvalue weighted by molar-refractivity contribution is 6.92. The Morgan fingerprint density at radius 2 is 1.80 bits per heavy atom. The summed E-state index contributed by atoms with van der Waals surface area (Å²) in [6.07, 6.45) is 0. The van der Waals surface area contributed by atoms with Gasteiger partial charge >= 0.3 is 0 Å². The van der Waals surface area contributed by atoms with E-state index in [-0.39, 0.29) is 9.90 Å². The second-order valence-corrected chi connectivity index (χ2v) is 0.519. The van der Waals surface area contributed by atoms with Crippen molar-refractivity contribution in [1.29, 1.82) is 0 Å². The molecule has 2 nitrogen and oxygen atoms in total. The maximum Gasteiger partial charge on any atom is 0.300 e. The third-order valence-corrected chi connectivity index (χ3v) is 0. The Hall–Kier alpha value is -0.100. The minimum Gasteiger partial charge on any atom is -0.481 e. The number of carboxylic acid groups (broad SMARTS) is 1. The summed E-state index contributed by atoms with van der Waals surface area (Å²) in [5.41, 5.74) is 0. The van der Waals surface area contributed by atoms with Gasteiger partial charge in [-0.2, -0.15) is 0 Å². The molecule has 0 aliphatic rings. The summed E-state index contributed by atoms with van der Waals surface area (Å²) < 4.78 is 0. The summed E-state index contributed by atoms with van der Waals surface area (Å²) in [6.45, 7) is 1.08. The second kappa shape index (κ2) is 3.90. The molecule has 0 saturated carbocycles. The predicted octanol–water partition coefficient (Wildman–Crippen LogP) is 0.952. The van der Waals surface area contributed by atoms with Crippen molar-refractivity contribution in [2.24, 2.45) is 0 Å². The van der Waals surface area contributed by atoms with Crippen LogP contribution in [0.3, 0.4) is 0 Å². The van der Waals surface area contributed by atoms with E-state index in [1.807, 2.05) is 0 Å². The number of carboxylic acids is 1. The van der Waals surface area contributed by atoms with Crippen LogP contribution in [0.25, 0.3) is 0 Å². The van der Waals surface area contributed by atoms with Crippen LogP contribution in [0.5, 0.6) is 0 Å². The first-order valence-corrected chi connectivity index (χ1v) is 0.928. The van der Waals surface area contributed by atoms with Crippen molar-refractivity contribution in [3.8, 4) is 0 Å². The molecule has 0 aliphatic heterocycles. The van der Waals surface area contributed by atoms with Crippen molar-refractivity contribution in [2.45, 2.75) is 6.92 Å². The Kier molecular flexibility index (Phi) is 6.91. The van der Waals surface area contributed by atoms with Gasteiger partial charge in [-0.3, -0.25) is 4.79 Å². The maximum absolute atomic E-state index is 9.00. The highest BCUT2D eigenvalue weighted by atomic mass is 31.0. The van der Waals surface area contributed by atoms with Crippen molar-refractivity contribution >= 4 is 15.9 Å². The molecule has 0 spiro atoms. The van der Waals surface area contributed by atoms with Crippen molar-refractivity contribution < 1.29 is 9.90 Å². The molecular formula is C2H4O2P. The van der Waals surface area contributed by atoms with Gasteiger partial charge in [0.2, 0.25) is 0 Å². The van der Waals surface area contributed by atoms with Gasteiger partial charge in [-0.25, -0.2) is 0 Å². The van der Waals surface area contributed by atoms with Gasteiger partial charge in [0.1, 0.15) is 0 Å². The molecule has 0 fully saturated rings. The molecule has 0 aromatic rings. The molecule has 0 aliphatic carbocycles. The van der Waals surface area contributed by atoms with E-state index in [4.69, 9.17) is 9.90 Å². The smallest absolute Gasteiger partial charge is 0.300 e. The number of hydrogen-bond donors (Lipinski definition) is 1. The SMILES string of the molecule is CC(=O)O.[P]. The normalized spacial score (nSPS) is 5.00. The molecule has 1 N–H and O–H groups in total. The summed E-state index contributed by atoms with van der Waals surface area (Å²) in [7, 11) is 0. The number of carbonyl (C=O) groups is 1. The molecule has 0 atom stereocenters. The van der Waals surface area contributed by atoms with Crippen LogP contribution in [0, 0.1) is 0 Å². The molecule has 29 valence electrons. The van der Waals surface area contributed by atoms with Crippen molar-refractivity contribution in [3.63, 3.8) is 0 Å². The van der Waals surface area contributed by atoms with Crippen LogP contribution >= 0.6 is 9.90 Å². The van der Waals surface area contributed by atoms with Gasteiger partial charge in [-0.05, 0) is 0 Å². The monoisotopic (exact) mass is 91.0 g/mol. The van der Waals surface area contributed by atoms with Crippen LogP contribution in [0.2, 0.25) is 0 Å². The van der Waals surface area contributed by atoms with E-state index in [1.54, 1.807) is 0 Å². The predicted molar refractivity (Wildman–Crippen MR) is 20.2 cm³/mol. The Balaban J connectivity index is 0. The Labute approximate surface area is 33.8 Å². The van der Waals surface area contributed by atoms with Crippen LogP contribution in [0.15, 0.2) is 0 Å². The Morgan fingerprint density at radius 1 is 1.80 bits per heavy atom. The summed E-state index contributed by atoms with van der Waals surface area (Å²) in [4.78, 5) is 9.00. The van der Waals surface area contributed by atoms with Gasteiger partial charge < -0.3 is 5.11 Å². The van der Waals surface area contributed by atoms with Gasteiger partial charge in [0.15, 0.2) is 0 Å². The molecule has 0 aromatic carbocycles. The first kappa shape index (κ1) is 8.86. The molecule has 3 radical (unpaired) electrons. The highest BCUT2D eigenvalue weighted by Gasteiger charge is 1.65. The third kappa shape index (κ3) is 1410. The quantitative estimate of drug-likeness (QED) is 0.450. The summed E-state index contributed by atoms with van der Waals surface area (Å²) in [6, 6.07) is 0. The van der Waals surface area contributed by atoms with E-state index in [0.29, 0.717) is 0 Å². The van der Waals surface area contributed by atoms with Crippen LogP contribution in [0.4, 0.5) is 0 Å². The number of rotatable bonds is 0. The van der Waals surface area contributed by atoms with Crippen molar-refractivity contribution in [2.75, 3.05) is 0 Å². The molecule has 0 bridgehead atoms. The van der Waals surface area contributed by atoms with E-state index in [2.05, 4.69) is 0 Å². The van der Waals surface area contributed by atoms with Gasteiger partial charge in [0, 0.05) is 16.8 Å². The molecule has 3 heteroatoms. The summed E-state index contributed by atoms with van der Waals surface area (Å²) >= 11 is 0. The van der Waals surface area contributed by atoms with E-state index in [1.165, 1.54) is 0 Å². The number of aliphatic carboxylic acids is 1. The average molecular weight is 91.0 g/mol. The fourth-order valence-electron chi connectivity index (χ4n) is 0. The lowest BCUT2D eigenvalue weighted by Gasteiger charge is -1.59. The van der Waals surface area contributed by atoms with E-state index in [9.17, 15) is 0 Å². The minimum absolute atomic E-state index is 0. The molecule has 0 amide bonds. The first-order chi connectivity index (χ1) is 1.73. The molecule has 0 rings (SSSR count). The van der Waals surface area contributed by atoms with Crippen LogP contribution < -0.4 is 0 Å². The summed E-state index contributed by atoms with van der Waals surface area (Å²) in [5, 5.41) is 7.42. The van der Waals surface area contributed by atoms with E-state index in [0.717, 1.165) is 6.92 Å². The molecular weight excluding hydrogens is 87.0 g/mol. The third-order valence-electron chi connectivity index (χ3n) is 0. The number of hydrogen-bond acceptors (Lipinski definition) is 1. The second-order valence-electron chi connectivity index (χ2n) is 0.519. The lowest BCUT2D eigenvalue weighted by molar-refractivity contribution is -0.134. The molecule has 0 aromatic heterocycles. The van der Waals surface area contributed by atoms with Gasteiger partial charge in [-0.15, -0.1) is 0 Å². The minimum atomic E-state index is -0.833. The molecule has 0 saturated heterocycles. The lowest BCUT2D eigenvalue weighted by Crippen LogP contribution is -1.78. The van der Waals surface area contributed by atoms with E-state index >= 15 is 0 Å². The van der Waals surface area contributed by atoms with Gasteiger partial charge in [-0.1, -0.05) is 0 Å². The van der Waals surface area contributed by atoms with Crippen LogP contribution in [0.1, 0.15) is 6.92 Å². The first-order valence-electron chi connectivity index (χ1n) is 0.928. The van der Waals surface area contributed by atoms with Crippen molar-refractivity contribution in [1.82, 2.24) is 0 Å². The summed E-state index contributed by atoms with van der Waals surface area (Å²) in [5.74, 6) is -0.833. The fourth-order valence-corrected chi connectivity index (χ4v) is 0. The molecule has 0 heterocycles. The zero-order chi connectivity index (χ0) is 3.58. The molecule has 0 unspecified atom stereocenters. The highest BCUT2D eigenvalue weighted by Crippen LogP contribution is 1.42. The fraction of sp³-hybridized carbons (Fsp3) is 0.500. The zero-order valence-electron chi connectivity index (χ0n) is 2.80. The zero-order valence-corrected chi connectivity index (χ0v) is 3.70. The lowest BCUT2D eigenvalue weighted by atomic mass is 10.9. The maximum atomic E-state index is 9.00. The van der Waals surface area contributed by atoms with Gasteiger partial charge in [0.05, 0.1) is 0 Å². The average Bonchev–Trinajstić information content (AvgIpc) is 0.811. The largest absolute Gasteiger partial charge is 0.481 e. The van der Waals surface area contributed by atoms with Crippen LogP contribution in [-0.4, -0.2) is 11.1 Å². The van der Waals surface area contributed by atoms with E-state index < -0.39 is 5.97 Å². The Morgan fingerprint density at radius 3 is 1.80 bits per heavy atom. The van der Waals surface area contributed by atoms with Gasteiger partial charge in [0.25, 0.3) is 5.97 Å². The molecule has 5 heavy (non-hydrogen) atoms. The van der Waals surface area contributed by atoms with Crippen LogP contribution in [-0.2, 0) is 4.79 Å². The topological polar surface area (TPSA) is 37.3 Å². The Bertz CT molecular complexity index is 30.6. The van der Waals surface area contributed by atoms with Crippen molar-refractivity contribution in [3.05, 3.63) is 0 Å².